The lowest BCUT2D eigenvalue weighted by atomic mass is 10.2. The summed E-state index contributed by atoms with van der Waals surface area (Å²) >= 11 is 1.91. The average Bonchev–Trinajstić information content (AvgIpc) is 2.34. The maximum atomic E-state index is 11.9. The molecule has 2 atom stereocenters. The zero-order valence-electron chi connectivity index (χ0n) is 12.8. The van der Waals surface area contributed by atoms with E-state index in [9.17, 15) is 9.59 Å². The van der Waals surface area contributed by atoms with Crippen molar-refractivity contribution in [1.82, 2.24) is 10.6 Å². The molecule has 20 heavy (non-hydrogen) atoms. The van der Waals surface area contributed by atoms with Gasteiger partial charge in [-0.2, -0.15) is 11.8 Å². The first-order valence-corrected chi connectivity index (χ1v) is 8.21. The third kappa shape index (κ3) is 7.03. The van der Waals surface area contributed by atoms with Crippen molar-refractivity contribution in [3.8, 4) is 0 Å². The lowest BCUT2D eigenvalue weighted by molar-refractivity contribution is -0.122. The van der Waals surface area contributed by atoms with Crippen molar-refractivity contribution >= 4 is 23.8 Å². The van der Waals surface area contributed by atoms with Crippen LogP contribution in [0.25, 0.3) is 0 Å². The lowest BCUT2D eigenvalue weighted by Crippen LogP contribution is -2.47. The molecule has 0 aliphatic carbocycles. The number of hydrogen-bond acceptors (Lipinski definition) is 4. The van der Waals surface area contributed by atoms with Gasteiger partial charge in [0.15, 0.2) is 0 Å². The third-order valence-electron chi connectivity index (χ3n) is 2.90. The molecule has 1 rings (SSSR count). The van der Waals surface area contributed by atoms with Gasteiger partial charge in [-0.25, -0.2) is 4.79 Å². The van der Waals surface area contributed by atoms with Crippen LogP contribution in [-0.2, 0) is 9.53 Å². The summed E-state index contributed by atoms with van der Waals surface area (Å²) in [7, 11) is 0. The quantitative estimate of drug-likeness (QED) is 0.836. The van der Waals surface area contributed by atoms with Crippen LogP contribution in [-0.4, -0.2) is 41.2 Å². The fourth-order valence-electron chi connectivity index (χ4n) is 1.89. The molecule has 0 aromatic rings. The number of nitrogens with one attached hydrogen (secondary N) is 2. The van der Waals surface area contributed by atoms with Gasteiger partial charge in [0.1, 0.15) is 11.6 Å². The number of thioether (sulfide) groups is 1. The van der Waals surface area contributed by atoms with Crippen molar-refractivity contribution in [2.24, 2.45) is 0 Å². The molecule has 1 heterocycles. The van der Waals surface area contributed by atoms with Crippen LogP contribution < -0.4 is 10.6 Å². The van der Waals surface area contributed by atoms with E-state index in [0.717, 1.165) is 6.42 Å². The van der Waals surface area contributed by atoms with Crippen molar-refractivity contribution < 1.29 is 14.3 Å². The van der Waals surface area contributed by atoms with Crippen LogP contribution in [0.2, 0.25) is 0 Å². The molecule has 1 aliphatic rings. The van der Waals surface area contributed by atoms with Crippen molar-refractivity contribution in [1.29, 1.82) is 0 Å². The fraction of sp³-hybridized carbons (Fsp3) is 0.857. The van der Waals surface area contributed by atoms with Gasteiger partial charge in [0, 0.05) is 11.8 Å². The summed E-state index contributed by atoms with van der Waals surface area (Å²) in [5.41, 5.74) is -0.557. The normalized spacial score (nSPS) is 20.9. The molecular formula is C14H26N2O3S. The molecule has 0 bridgehead atoms. The Kier molecular flexibility index (Phi) is 6.65. The molecule has 0 radical (unpaired) electrons. The van der Waals surface area contributed by atoms with E-state index in [1.54, 1.807) is 27.7 Å². The van der Waals surface area contributed by atoms with E-state index < -0.39 is 17.7 Å². The molecule has 0 aromatic carbocycles. The Balaban J connectivity index is 2.26. The Morgan fingerprint density at radius 3 is 2.60 bits per heavy atom. The Morgan fingerprint density at radius 1 is 1.35 bits per heavy atom. The SMILES string of the molecule is CC(NC(=O)OC(C)(C)C)C(=O)NCC1CCCCS1. The highest BCUT2D eigenvalue weighted by Crippen LogP contribution is 2.24. The third-order valence-corrected chi connectivity index (χ3v) is 4.30. The van der Waals surface area contributed by atoms with E-state index in [2.05, 4.69) is 10.6 Å². The second-order valence-corrected chi connectivity index (χ2v) is 7.51. The number of amides is 2. The summed E-state index contributed by atoms with van der Waals surface area (Å²) in [5, 5.41) is 5.94. The van der Waals surface area contributed by atoms with Crippen molar-refractivity contribution in [3.05, 3.63) is 0 Å². The van der Waals surface area contributed by atoms with Gasteiger partial charge >= 0.3 is 6.09 Å². The highest BCUT2D eigenvalue weighted by Gasteiger charge is 2.22. The van der Waals surface area contributed by atoms with Gasteiger partial charge in [-0.1, -0.05) is 6.42 Å². The van der Waals surface area contributed by atoms with E-state index in [1.807, 2.05) is 11.8 Å². The van der Waals surface area contributed by atoms with Crippen LogP contribution in [0, 0.1) is 0 Å². The summed E-state index contributed by atoms with van der Waals surface area (Å²) < 4.78 is 5.12. The molecule has 6 heteroatoms. The summed E-state index contributed by atoms with van der Waals surface area (Å²) in [6.45, 7) is 7.70. The molecule has 116 valence electrons. The average molecular weight is 302 g/mol. The predicted molar refractivity (Wildman–Crippen MR) is 81.9 cm³/mol. The minimum atomic E-state index is -0.585. The van der Waals surface area contributed by atoms with Crippen LogP contribution in [0.4, 0.5) is 4.79 Å². The first-order chi connectivity index (χ1) is 9.28. The molecule has 1 saturated heterocycles. The standard InChI is InChI=1S/C14H26N2O3S/c1-10(16-13(18)19-14(2,3)4)12(17)15-9-11-7-5-6-8-20-11/h10-11H,5-9H2,1-4H3,(H,15,17)(H,16,18). The molecule has 0 aromatic heterocycles. The minimum absolute atomic E-state index is 0.165. The van der Waals surface area contributed by atoms with Crippen LogP contribution in [0.15, 0.2) is 0 Å². The lowest BCUT2D eigenvalue weighted by Gasteiger charge is -2.23. The van der Waals surface area contributed by atoms with E-state index in [4.69, 9.17) is 4.74 Å². The Labute approximate surface area is 125 Å². The van der Waals surface area contributed by atoms with Crippen molar-refractivity contribution in [2.45, 2.75) is 63.9 Å². The van der Waals surface area contributed by atoms with Crippen LogP contribution >= 0.6 is 11.8 Å². The number of alkyl carbamates (subject to hydrolysis) is 1. The van der Waals surface area contributed by atoms with E-state index >= 15 is 0 Å². The maximum absolute atomic E-state index is 11.9. The zero-order chi connectivity index (χ0) is 15.2. The molecule has 2 N–H and O–H groups in total. The first kappa shape index (κ1) is 17.1. The highest BCUT2D eigenvalue weighted by molar-refractivity contribution is 7.99. The van der Waals surface area contributed by atoms with Gasteiger partial charge in [-0.3, -0.25) is 4.79 Å². The Bertz CT molecular complexity index is 336. The fourth-order valence-corrected chi connectivity index (χ4v) is 3.12. The monoisotopic (exact) mass is 302 g/mol. The second-order valence-electron chi connectivity index (χ2n) is 6.10. The topological polar surface area (TPSA) is 67.4 Å². The van der Waals surface area contributed by atoms with Crippen molar-refractivity contribution in [2.75, 3.05) is 12.3 Å². The second kappa shape index (κ2) is 7.76. The number of hydrogen-bond donors (Lipinski definition) is 2. The molecule has 2 unspecified atom stereocenters. The molecule has 1 fully saturated rings. The summed E-state index contributed by atoms with van der Waals surface area (Å²) in [6.07, 6.45) is 3.09. The van der Waals surface area contributed by atoms with Gasteiger partial charge in [0.25, 0.3) is 0 Å². The molecule has 0 spiro atoms. The molecular weight excluding hydrogens is 276 g/mol. The first-order valence-electron chi connectivity index (χ1n) is 7.17. The highest BCUT2D eigenvalue weighted by atomic mass is 32.2. The number of carbonyl (C=O) groups excluding carboxylic acids is 2. The Morgan fingerprint density at radius 2 is 2.05 bits per heavy atom. The number of rotatable bonds is 4. The minimum Gasteiger partial charge on any atom is -0.444 e. The van der Waals surface area contributed by atoms with E-state index in [-0.39, 0.29) is 5.91 Å². The summed E-state index contributed by atoms with van der Waals surface area (Å²) in [6, 6.07) is -0.585. The molecule has 5 nitrogen and oxygen atoms in total. The summed E-state index contributed by atoms with van der Waals surface area (Å²) in [4.78, 5) is 23.5. The van der Waals surface area contributed by atoms with Crippen LogP contribution in [0.1, 0.15) is 47.0 Å². The Hall–Kier alpha value is -0.910. The van der Waals surface area contributed by atoms with Gasteiger partial charge < -0.3 is 15.4 Å². The smallest absolute Gasteiger partial charge is 0.408 e. The van der Waals surface area contributed by atoms with Gasteiger partial charge in [0.05, 0.1) is 0 Å². The van der Waals surface area contributed by atoms with Gasteiger partial charge in [-0.05, 0) is 46.3 Å². The van der Waals surface area contributed by atoms with Crippen LogP contribution in [0.5, 0.6) is 0 Å². The van der Waals surface area contributed by atoms with Gasteiger partial charge in [-0.15, -0.1) is 0 Å². The van der Waals surface area contributed by atoms with Gasteiger partial charge in [0.2, 0.25) is 5.91 Å². The molecule has 0 saturated carbocycles. The van der Waals surface area contributed by atoms with E-state index in [1.165, 1.54) is 18.6 Å². The molecule has 2 amide bonds. The number of carbonyl (C=O) groups is 2. The van der Waals surface area contributed by atoms with Crippen LogP contribution in [0.3, 0.4) is 0 Å². The number of ether oxygens (including phenoxy) is 1. The predicted octanol–water partition coefficient (Wildman–Crippen LogP) is 2.30. The zero-order valence-corrected chi connectivity index (χ0v) is 13.6. The van der Waals surface area contributed by atoms with Crippen molar-refractivity contribution in [3.63, 3.8) is 0 Å². The maximum Gasteiger partial charge on any atom is 0.408 e. The summed E-state index contributed by atoms with van der Waals surface area (Å²) in [5.74, 6) is 1.01. The largest absolute Gasteiger partial charge is 0.444 e. The molecule has 1 aliphatic heterocycles. The van der Waals surface area contributed by atoms with E-state index in [0.29, 0.717) is 11.8 Å².